The number of nitrogens with two attached hydrogens (primary N) is 1. The van der Waals surface area contributed by atoms with Gasteiger partial charge in [-0.25, -0.2) is 4.39 Å². The van der Waals surface area contributed by atoms with E-state index in [9.17, 15) is 4.39 Å². The van der Waals surface area contributed by atoms with Crippen LogP contribution in [0.1, 0.15) is 11.1 Å². The molecule has 116 valence electrons. The van der Waals surface area contributed by atoms with Crippen molar-refractivity contribution in [2.24, 2.45) is 5.73 Å². The largest absolute Gasteiger partial charge is 0.369 e. The van der Waals surface area contributed by atoms with Crippen LogP contribution < -0.4 is 10.6 Å². The van der Waals surface area contributed by atoms with Gasteiger partial charge in [0.15, 0.2) is 0 Å². The van der Waals surface area contributed by atoms with Gasteiger partial charge in [0.1, 0.15) is 5.82 Å². The van der Waals surface area contributed by atoms with Crippen molar-refractivity contribution in [1.29, 1.82) is 0 Å². The van der Waals surface area contributed by atoms with Gasteiger partial charge in [0.2, 0.25) is 0 Å². The lowest BCUT2D eigenvalue weighted by molar-refractivity contribution is 0.249. The fraction of sp³-hybridized carbons (Fsp3) is 0.333. The zero-order valence-electron chi connectivity index (χ0n) is 12.7. The zero-order valence-corrected chi connectivity index (χ0v) is 12.7. The van der Waals surface area contributed by atoms with Crippen LogP contribution in [0.15, 0.2) is 48.5 Å². The molecule has 0 saturated carbocycles. The molecule has 0 atom stereocenters. The predicted octanol–water partition coefficient (Wildman–Crippen LogP) is 2.61. The number of halogens is 1. The van der Waals surface area contributed by atoms with E-state index in [1.165, 1.54) is 11.8 Å². The Bertz CT molecular complexity index is 604. The molecule has 2 aromatic rings. The summed E-state index contributed by atoms with van der Waals surface area (Å²) in [7, 11) is 0. The van der Waals surface area contributed by atoms with Crippen LogP contribution in [-0.2, 0) is 13.1 Å². The van der Waals surface area contributed by atoms with Gasteiger partial charge in [0.25, 0.3) is 0 Å². The van der Waals surface area contributed by atoms with Crippen molar-refractivity contribution in [3.63, 3.8) is 0 Å². The molecule has 1 aliphatic rings. The number of rotatable bonds is 4. The first kappa shape index (κ1) is 15.0. The van der Waals surface area contributed by atoms with Crippen LogP contribution in [0.2, 0.25) is 0 Å². The van der Waals surface area contributed by atoms with E-state index in [1.807, 2.05) is 6.07 Å². The average molecular weight is 299 g/mol. The third kappa shape index (κ3) is 3.64. The van der Waals surface area contributed by atoms with E-state index in [0.717, 1.165) is 43.9 Å². The normalized spacial score (nSPS) is 16.0. The zero-order chi connectivity index (χ0) is 15.4. The van der Waals surface area contributed by atoms with Crippen molar-refractivity contribution in [2.75, 3.05) is 31.1 Å². The van der Waals surface area contributed by atoms with Crippen LogP contribution in [0.3, 0.4) is 0 Å². The van der Waals surface area contributed by atoms with Crippen molar-refractivity contribution in [1.82, 2.24) is 4.90 Å². The Labute approximate surface area is 131 Å². The van der Waals surface area contributed by atoms with E-state index in [-0.39, 0.29) is 5.82 Å². The fourth-order valence-corrected chi connectivity index (χ4v) is 2.90. The molecule has 0 unspecified atom stereocenters. The summed E-state index contributed by atoms with van der Waals surface area (Å²) in [5.41, 5.74) is 9.09. The van der Waals surface area contributed by atoms with Crippen molar-refractivity contribution in [3.05, 3.63) is 65.5 Å². The standard InChI is InChI=1S/C18H22FN3/c19-17-3-1-2-16(12-17)14-21-8-10-22(11-9-21)18-6-4-15(13-20)5-7-18/h1-7,12H,8-11,13-14,20H2. The van der Waals surface area contributed by atoms with Gasteiger partial charge in [-0.1, -0.05) is 24.3 Å². The smallest absolute Gasteiger partial charge is 0.123 e. The van der Waals surface area contributed by atoms with E-state index in [0.29, 0.717) is 6.54 Å². The summed E-state index contributed by atoms with van der Waals surface area (Å²) in [6, 6.07) is 15.4. The van der Waals surface area contributed by atoms with E-state index < -0.39 is 0 Å². The van der Waals surface area contributed by atoms with Gasteiger partial charge in [-0.3, -0.25) is 4.90 Å². The van der Waals surface area contributed by atoms with Crippen LogP contribution >= 0.6 is 0 Å². The van der Waals surface area contributed by atoms with Gasteiger partial charge in [0, 0.05) is 45.0 Å². The molecule has 0 radical (unpaired) electrons. The maximum absolute atomic E-state index is 13.2. The highest BCUT2D eigenvalue weighted by Gasteiger charge is 2.17. The highest BCUT2D eigenvalue weighted by Crippen LogP contribution is 2.18. The minimum atomic E-state index is -0.156. The van der Waals surface area contributed by atoms with Gasteiger partial charge < -0.3 is 10.6 Å². The Morgan fingerprint density at radius 2 is 1.64 bits per heavy atom. The molecule has 0 amide bonds. The summed E-state index contributed by atoms with van der Waals surface area (Å²) >= 11 is 0. The van der Waals surface area contributed by atoms with Gasteiger partial charge in [-0.15, -0.1) is 0 Å². The summed E-state index contributed by atoms with van der Waals surface area (Å²) in [6.07, 6.45) is 0. The average Bonchev–Trinajstić information content (AvgIpc) is 2.56. The number of nitrogens with zero attached hydrogens (tertiary/aromatic N) is 2. The molecule has 3 rings (SSSR count). The van der Waals surface area contributed by atoms with Crippen LogP contribution in [0, 0.1) is 5.82 Å². The molecule has 2 aromatic carbocycles. The van der Waals surface area contributed by atoms with E-state index >= 15 is 0 Å². The Morgan fingerprint density at radius 3 is 2.27 bits per heavy atom. The second kappa shape index (κ2) is 6.90. The van der Waals surface area contributed by atoms with Gasteiger partial charge >= 0.3 is 0 Å². The van der Waals surface area contributed by atoms with E-state index in [2.05, 4.69) is 34.1 Å². The van der Waals surface area contributed by atoms with Crippen LogP contribution in [0.25, 0.3) is 0 Å². The Hall–Kier alpha value is -1.91. The molecule has 1 saturated heterocycles. The molecular weight excluding hydrogens is 277 g/mol. The maximum Gasteiger partial charge on any atom is 0.123 e. The third-order valence-corrected chi connectivity index (χ3v) is 4.20. The summed E-state index contributed by atoms with van der Waals surface area (Å²) in [4.78, 5) is 4.77. The molecule has 1 fully saturated rings. The molecule has 0 aliphatic carbocycles. The molecule has 1 aliphatic heterocycles. The second-order valence-corrected chi connectivity index (χ2v) is 5.76. The first-order valence-electron chi connectivity index (χ1n) is 7.75. The monoisotopic (exact) mass is 299 g/mol. The van der Waals surface area contributed by atoms with Crippen molar-refractivity contribution in [3.8, 4) is 0 Å². The number of anilines is 1. The van der Waals surface area contributed by atoms with Crippen molar-refractivity contribution >= 4 is 5.69 Å². The SMILES string of the molecule is NCc1ccc(N2CCN(Cc3cccc(F)c3)CC2)cc1. The lowest BCUT2D eigenvalue weighted by atomic mass is 10.1. The lowest BCUT2D eigenvalue weighted by Crippen LogP contribution is -2.45. The highest BCUT2D eigenvalue weighted by molar-refractivity contribution is 5.48. The molecule has 4 heteroatoms. The van der Waals surface area contributed by atoms with Crippen molar-refractivity contribution in [2.45, 2.75) is 13.1 Å². The number of benzene rings is 2. The summed E-state index contributed by atoms with van der Waals surface area (Å²) in [5.74, 6) is -0.156. The van der Waals surface area contributed by atoms with Gasteiger partial charge in [-0.2, -0.15) is 0 Å². The molecule has 0 aromatic heterocycles. The third-order valence-electron chi connectivity index (χ3n) is 4.20. The molecular formula is C18H22FN3. The Morgan fingerprint density at radius 1 is 0.909 bits per heavy atom. The van der Waals surface area contributed by atoms with Crippen LogP contribution in [0.4, 0.5) is 10.1 Å². The van der Waals surface area contributed by atoms with Gasteiger partial charge in [0.05, 0.1) is 0 Å². The molecule has 0 bridgehead atoms. The quantitative estimate of drug-likeness (QED) is 0.942. The molecule has 2 N–H and O–H groups in total. The Balaban J connectivity index is 1.55. The first-order chi connectivity index (χ1) is 10.7. The summed E-state index contributed by atoms with van der Waals surface area (Å²) in [5, 5.41) is 0. The number of hydrogen-bond donors (Lipinski definition) is 1. The molecule has 22 heavy (non-hydrogen) atoms. The minimum Gasteiger partial charge on any atom is -0.369 e. The van der Waals surface area contributed by atoms with Crippen LogP contribution in [0.5, 0.6) is 0 Å². The predicted molar refractivity (Wildman–Crippen MR) is 88.2 cm³/mol. The second-order valence-electron chi connectivity index (χ2n) is 5.76. The number of piperazine rings is 1. The maximum atomic E-state index is 13.2. The molecule has 3 nitrogen and oxygen atoms in total. The van der Waals surface area contributed by atoms with E-state index in [1.54, 1.807) is 12.1 Å². The Kier molecular flexibility index (Phi) is 4.71. The topological polar surface area (TPSA) is 32.5 Å². The lowest BCUT2D eigenvalue weighted by Gasteiger charge is -2.36. The minimum absolute atomic E-state index is 0.156. The fourth-order valence-electron chi connectivity index (χ4n) is 2.90. The van der Waals surface area contributed by atoms with Gasteiger partial charge in [-0.05, 0) is 35.4 Å². The number of hydrogen-bond acceptors (Lipinski definition) is 3. The van der Waals surface area contributed by atoms with Crippen molar-refractivity contribution < 1.29 is 4.39 Å². The van der Waals surface area contributed by atoms with Crippen LogP contribution in [-0.4, -0.2) is 31.1 Å². The summed E-state index contributed by atoms with van der Waals surface area (Å²) in [6.45, 7) is 5.39. The molecule has 1 heterocycles. The highest BCUT2D eigenvalue weighted by atomic mass is 19.1. The molecule has 0 spiro atoms. The summed E-state index contributed by atoms with van der Waals surface area (Å²) < 4.78 is 13.2. The van der Waals surface area contributed by atoms with E-state index in [4.69, 9.17) is 5.73 Å². The first-order valence-corrected chi connectivity index (χ1v) is 7.75.